The Morgan fingerprint density at radius 1 is 1.39 bits per heavy atom. The van der Waals surface area contributed by atoms with Crippen molar-refractivity contribution in [3.63, 3.8) is 0 Å². The first-order valence-corrected chi connectivity index (χ1v) is 6.38. The molecule has 0 saturated carbocycles. The van der Waals surface area contributed by atoms with E-state index < -0.39 is 0 Å². The van der Waals surface area contributed by atoms with E-state index in [1.165, 1.54) is 25.0 Å². The van der Waals surface area contributed by atoms with Crippen LogP contribution in [0.2, 0.25) is 0 Å². The topological polar surface area (TPSA) is 37.8 Å². The van der Waals surface area contributed by atoms with Gasteiger partial charge in [-0.25, -0.2) is 14.4 Å². The smallest absolute Gasteiger partial charge is 0.130 e. The number of hydrogen-bond acceptors (Lipinski definition) is 3. The van der Waals surface area contributed by atoms with Gasteiger partial charge in [-0.3, -0.25) is 0 Å². The Bertz CT molecular complexity index is 577. The van der Waals surface area contributed by atoms with Crippen molar-refractivity contribution < 1.29 is 4.39 Å². The molecule has 1 saturated heterocycles. The van der Waals surface area contributed by atoms with Gasteiger partial charge in [-0.15, -0.1) is 0 Å². The fourth-order valence-corrected chi connectivity index (χ4v) is 2.56. The molecule has 1 atom stereocenters. The Morgan fingerprint density at radius 3 is 3.06 bits per heavy atom. The summed E-state index contributed by atoms with van der Waals surface area (Å²) in [5.74, 6) is 0.616. The van der Waals surface area contributed by atoms with Gasteiger partial charge in [-0.05, 0) is 44.5 Å². The zero-order valence-electron chi connectivity index (χ0n) is 10.4. The minimum atomic E-state index is -0.237. The van der Waals surface area contributed by atoms with E-state index in [0.717, 1.165) is 35.4 Å². The molecular weight excluding hydrogens is 229 g/mol. The number of fused-ring (bicyclic) bond motifs is 1. The van der Waals surface area contributed by atoms with E-state index in [2.05, 4.69) is 15.3 Å². The summed E-state index contributed by atoms with van der Waals surface area (Å²) in [6.45, 7) is 3.00. The predicted molar refractivity (Wildman–Crippen MR) is 69.0 cm³/mol. The van der Waals surface area contributed by atoms with Crippen molar-refractivity contribution in [3.8, 4) is 0 Å². The Labute approximate surface area is 105 Å². The number of nitrogens with one attached hydrogen (secondary N) is 1. The number of halogens is 1. The molecule has 1 aliphatic heterocycles. The number of hydrogen-bond donors (Lipinski definition) is 1. The van der Waals surface area contributed by atoms with Crippen molar-refractivity contribution >= 4 is 10.9 Å². The maximum absolute atomic E-state index is 13.2. The van der Waals surface area contributed by atoms with Crippen LogP contribution in [-0.2, 0) is 6.42 Å². The lowest BCUT2D eigenvalue weighted by molar-refractivity contribution is 0.585. The highest BCUT2D eigenvalue weighted by molar-refractivity contribution is 5.80. The highest BCUT2D eigenvalue weighted by Gasteiger charge is 2.16. The molecule has 3 nitrogen and oxygen atoms in total. The largest absolute Gasteiger partial charge is 0.314 e. The average Bonchev–Trinajstić information content (AvgIpc) is 2.83. The van der Waals surface area contributed by atoms with Crippen molar-refractivity contribution in [2.75, 3.05) is 6.54 Å². The van der Waals surface area contributed by atoms with E-state index >= 15 is 0 Å². The third-order valence-electron chi connectivity index (χ3n) is 3.49. The van der Waals surface area contributed by atoms with Crippen molar-refractivity contribution in [1.29, 1.82) is 0 Å². The quantitative estimate of drug-likeness (QED) is 0.882. The molecule has 1 unspecified atom stereocenters. The lowest BCUT2D eigenvalue weighted by atomic mass is 10.1. The first-order valence-electron chi connectivity index (χ1n) is 6.38. The van der Waals surface area contributed by atoms with Gasteiger partial charge in [0.1, 0.15) is 11.6 Å². The molecule has 1 aliphatic rings. The zero-order chi connectivity index (χ0) is 12.5. The summed E-state index contributed by atoms with van der Waals surface area (Å²) >= 11 is 0. The third-order valence-corrected chi connectivity index (χ3v) is 3.49. The molecule has 2 aromatic rings. The van der Waals surface area contributed by atoms with E-state index in [9.17, 15) is 4.39 Å². The molecule has 1 aromatic heterocycles. The second-order valence-corrected chi connectivity index (χ2v) is 4.88. The fourth-order valence-electron chi connectivity index (χ4n) is 2.56. The summed E-state index contributed by atoms with van der Waals surface area (Å²) in [6.07, 6.45) is 3.26. The van der Waals surface area contributed by atoms with Crippen LogP contribution in [-0.4, -0.2) is 22.6 Å². The average molecular weight is 245 g/mol. The van der Waals surface area contributed by atoms with Crippen molar-refractivity contribution in [2.24, 2.45) is 0 Å². The Balaban J connectivity index is 1.96. The standard InChI is InChI=1S/C14H16FN3/c1-9-12-7-10(15)4-5-13(12)18-14(17-9)8-11-3-2-6-16-11/h4-5,7,11,16H,2-3,6,8H2,1H3. The van der Waals surface area contributed by atoms with Gasteiger partial charge in [0.05, 0.1) is 5.52 Å². The highest BCUT2D eigenvalue weighted by atomic mass is 19.1. The molecule has 94 valence electrons. The molecule has 0 aliphatic carbocycles. The summed E-state index contributed by atoms with van der Waals surface area (Å²) in [7, 11) is 0. The molecule has 18 heavy (non-hydrogen) atoms. The van der Waals surface area contributed by atoms with Crippen molar-refractivity contribution in [3.05, 3.63) is 35.5 Å². The van der Waals surface area contributed by atoms with Crippen molar-refractivity contribution in [2.45, 2.75) is 32.2 Å². The van der Waals surface area contributed by atoms with E-state index in [1.807, 2.05) is 6.92 Å². The maximum Gasteiger partial charge on any atom is 0.130 e. The van der Waals surface area contributed by atoms with Crippen LogP contribution < -0.4 is 5.32 Å². The van der Waals surface area contributed by atoms with Gasteiger partial charge in [0.15, 0.2) is 0 Å². The van der Waals surface area contributed by atoms with E-state index in [1.54, 1.807) is 6.07 Å². The maximum atomic E-state index is 13.2. The summed E-state index contributed by atoms with van der Waals surface area (Å²) in [5, 5.41) is 4.25. The summed E-state index contributed by atoms with van der Waals surface area (Å²) in [6, 6.07) is 5.17. The van der Waals surface area contributed by atoms with Crippen LogP contribution in [0.5, 0.6) is 0 Å². The van der Waals surface area contributed by atoms with Crippen LogP contribution >= 0.6 is 0 Å². The summed E-state index contributed by atoms with van der Waals surface area (Å²) in [5.41, 5.74) is 1.68. The van der Waals surface area contributed by atoms with Crippen LogP contribution in [0.1, 0.15) is 24.4 Å². The lowest BCUT2D eigenvalue weighted by Gasteiger charge is -2.10. The van der Waals surface area contributed by atoms with Gasteiger partial charge in [0, 0.05) is 23.5 Å². The Morgan fingerprint density at radius 2 is 2.28 bits per heavy atom. The molecule has 0 spiro atoms. The van der Waals surface area contributed by atoms with Crippen LogP contribution in [0.15, 0.2) is 18.2 Å². The van der Waals surface area contributed by atoms with E-state index in [0.29, 0.717) is 6.04 Å². The van der Waals surface area contributed by atoms with Gasteiger partial charge in [0.2, 0.25) is 0 Å². The number of aromatic nitrogens is 2. The molecule has 1 fully saturated rings. The minimum Gasteiger partial charge on any atom is -0.314 e. The fraction of sp³-hybridized carbons (Fsp3) is 0.429. The molecule has 0 bridgehead atoms. The van der Waals surface area contributed by atoms with Gasteiger partial charge in [0.25, 0.3) is 0 Å². The zero-order valence-corrected chi connectivity index (χ0v) is 10.4. The number of rotatable bonds is 2. The normalized spacial score (nSPS) is 19.6. The molecule has 3 rings (SSSR count). The predicted octanol–water partition coefficient (Wildman–Crippen LogP) is 2.37. The summed E-state index contributed by atoms with van der Waals surface area (Å²) in [4.78, 5) is 9.01. The number of nitrogens with zero attached hydrogens (tertiary/aromatic N) is 2. The highest BCUT2D eigenvalue weighted by Crippen LogP contribution is 2.18. The first-order chi connectivity index (χ1) is 8.72. The van der Waals surface area contributed by atoms with Crippen LogP contribution in [0.4, 0.5) is 4.39 Å². The molecule has 1 aromatic carbocycles. The van der Waals surface area contributed by atoms with Gasteiger partial charge >= 0.3 is 0 Å². The number of benzene rings is 1. The lowest BCUT2D eigenvalue weighted by Crippen LogP contribution is -2.24. The molecule has 0 radical (unpaired) electrons. The molecule has 4 heteroatoms. The number of aryl methyl sites for hydroxylation is 1. The van der Waals surface area contributed by atoms with E-state index in [4.69, 9.17) is 0 Å². The molecule has 1 N–H and O–H groups in total. The SMILES string of the molecule is Cc1nc(CC2CCCN2)nc2ccc(F)cc12. The van der Waals surface area contributed by atoms with Crippen LogP contribution in [0, 0.1) is 12.7 Å². The van der Waals surface area contributed by atoms with Gasteiger partial charge in [-0.2, -0.15) is 0 Å². The van der Waals surface area contributed by atoms with Gasteiger partial charge in [-0.1, -0.05) is 0 Å². The molecule has 0 amide bonds. The molecular formula is C14H16FN3. The van der Waals surface area contributed by atoms with Crippen LogP contribution in [0.25, 0.3) is 10.9 Å². The first kappa shape index (κ1) is 11.5. The summed E-state index contributed by atoms with van der Waals surface area (Å²) < 4.78 is 13.2. The van der Waals surface area contributed by atoms with Gasteiger partial charge < -0.3 is 5.32 Å². The molecule has 2 heterocycles. The minimum absolute atomic E-state index is 0.237. The second kappa shape index (κ2) is 4.61. The Hall–Kier alpha value is -1.55. The van der Waals surface area contributed by atoms with Crippen molar-refractivity contribution in [1.82, 2.24) is 15.3 Å². The second-order valence-electron chi connectivity index (χ2n) is 4.88. The third kappa shape index (κ3) is 2.20. The monoisotopic (exact) mass is 245 g/mol. The van der Waals surface area contributed by atoms with Crippen LogP contribution in [0.3, 0.4) is 0 Å². The van der Waals surface area contributed by atoms with E-state index in [-0.39, 0.29) is 5.82 Å². The Kier molecular flexibility index (Phi) is 2.96.